The Labute approximate surface area is 84.8 Å². The van der Waals surface area contributed by atoms with Crippen molar-refractivity contribution in [2.75, 3.05) is 13.1 Å². The zero-order valence-corrected chi connectivity index (χ0v) is 8.54. The van der Waals surface area contributed by atoms with Gasteiger partial charge in [-0.15, -0.1) is 0 Å². The first-order valence-corrected chi connectivity index (χ1v) is 5.86. The van der Waals surface area contributed by atoms with Crippen LogP contribution in [-0.4, -0.2) is 36.0 Å². The normalized spacial score (nSPS) is 38.1. The second kappa shape index (κ2) is 3.23. The average Bonchev–Trinajstić information content (AvgIpc) is 2.89. The first-order valence-electron chi connectivity index (χ1n) is 5.86. The van der Waals surface area contributed by atoms with Crippen molar-refractivity contribution in [2.45, 2.75) is 44.2 Å². The molecule has 3 aliphatic rings. The van der Waals surface area contributed by atoms with Crippen LogP contribution < -0.4 is 5.32 Å². The van der Waals surface area contributed by atoms with E-state index in [1.54, 1.807) is 0 Å². The summed E-state index contributed by atoms with van der Waals surface area (Å²) in [6.45, 7) is 2.49. The fourth-order valence-electron chi connectivity index (χ4n) is 2.89. The summed E-state index contributed by atoms with van der Waals surface area (Å²) in [6, 6.07) is 1.13. The average molecular weight is 194 g/mol. The zero-order chi connectivity index (χ0) is 9.54. The van der Waals surface area contributed by atoms with Crippen molar-refractivity contribution in [1.29, 1.82) is 0 Å². The minimum absolute atomic E-state index is 0.263. The number of likely N-dealkylation sites (tertiary alicyclic amines) is 1. The number of rotatable bonds is 2. The standard InChI is InChI=1S/C11H18N2O/c14-11-4-3-10-9(12-11)5-6-13(10)7-8-1-2-8/h8-10H,1-7H2,(H,12,14)/t9-,10+/m1/s1. The van der Waals surface area contributed by atoms with Crippen LogP contribution in [0.1, 0.15) is 32.1 Å². The Bertz CT molecular complexity index is 250. The largest absolute Gasteiger partial charge is 0.352 e. The van der Waals surface area contributed by atoms with Crippen molar-refractivity contribution in [3.63, 3.8) is 0 Å². The molecule has 2 atom stereocenters. The maximum absolute atomic E-state index is 11.2. The predicted octanol–water partition coefficient (Wildman–Crippen LogP) is 0.749. The Morgan fingerprint density at radius 3 is 2.93 bits per heavy atom. The molecule has 0 aromatic carbocycles. The lowest BCUT2D eigenvalue weighted by atomic mass is 9.99. The molecule has 0 spiro atoms. The van der Waals surface area contributed by atoms with Gasteiger partial charge in [0.25, 0.3) is 0 Å². The van der Waals surface area contributed by atoms with Crippen LogP contribution in [0.25, 0.3) is 0 Å². The summed E-state index contributed by atoms with van der Waals surface area (Å²) in [7, 11) is 0. The van der Waals surface area contributed by atoms with E-state index < -0.39 is 0 Å². The molecule has 2 saturated heterocycles. The van der Waals surface area contributed by atoms with Gasteiger partial charge < -0.3 is 5.32 Å². The number of nitrogens with zero attached hydrogens (tertiary/aromatic N) is 1. The summed E-state index contributed by atoms with van der Waals surface area (Å²) < 4.78 is 0. The van der Waals surface area contributed by atoms with Gasteiger partial charge in [-0.05, 0) is 31.6 Å². The molecule has 1 amide bonds. The van der Waals surface area contributed by atoms with Crippen molar-refractivity contribution in [1.82, 2.24) is 10.2 Å². The van der Waals surface area contributed by atoms with Crippen LogP contribution in [0.2, 0.25) is 0 Å². The summed E-state index contributed by atoms with van der Waals surface area (Å²) in [6.07, 6.45) is 5.86. The Morgan fingerprint density at radius 1 is 1.29 bits per heavy atom. The van der Waals surface area contributed by atoms with Gasteiger partial charge in [0, 0.05) is 31.6 Å². The second-order valence-corrected chi connectivity index (χ2v) is 5.01. The highest BCUT2D eigenvalue weighted by molar-refractivity contribution is 5.77. The molecule has 1 saturated carbocycles. The minimum atomic E-state index is 0.263. The Hall–Kier alpha value is -0.570. The fourth-order valence-corrected chi connectivity index (χ4v) is 2.89. The Morgan fingerprint density at radius 2 is 2.14 bits per heavy atom. The highest BCUT2D eigenvalue weighted by Crippen LogP contribution is 2.34. The molecule has 0 bridgehead atoms. The van der Waals surface area contributed by atoms with E-state index in [9.17, 15) is 4.79 Å². The molecule has 0 unspecified atom stereocenters. The monoisotopic (exact) mass is 194 g/mol. The molecule has 0 aromatic rings. The SMILES string of the molecule is O=C1CC[C@H]2[C@@H](CCN2CC2CC2)N1. The molecular weight excluding hydrogens is 176 g/mol. The number of amides is 1. The number of nitrogens with one attached hydrogen (secondary N) is 1. The highest BCUT2D eigenvalue weighted by Gasteiger charge is 2.39. The van der Waals surface area contributed by atoms with E-state index >= 15 is 0 Å². The molecule has 14 heavy (non-hydrogen) atoms. The summed E-state index contributed by atoms with van der Waals surface area (Å²) in [5.74, 6) is 1.24. The third-order valence-electron chi connectivity index (χ3n) is 3.86. The van der Waals surface area contributed by atoms with Crippen LogP contribution in [0.15, 0.2) is 0 Å². The van der Waals surface area contributed by atoms with Crippen molar-refractivity contribution in [3.05, 3.63) is 0 Å². The lowest BCUT2D eigenvalue weighted by molar-refractivity contribution is -0.123. The fraction of sp³-hybridized carbons (Fsp3) is 0.909. The van der Waals surface area contributed by atoms with Crippen molar-refractivity contribution < 1.29 is 4.79 Å². The van der Waals surface area contributed by atoms with E-state index in [4.69, 9.17) is 0 Å². The Balaban J connectivity index is 1.63. The van der Waals surface area contributed by atoms with E-state index in [2.05, 4.69) is 10.2 Å². The number of hydrogen-bond donors (Lipinski definition) is 1. The summed E-state index contributed by atoms with van der Waals surface area (Å²) >= 11 is 0. The maximum Gasteiger partial charge on any atom is 0.220 e. The minimum Gasteiger partial charge on any atom is -0.352 e. The van der Waals surface area contributed by atoms with Crippen LogP contribution >= 0.6 is 0 Å². The molecule has 0 radical (unpaired) electrons. The summed E-state index contributed by atoms with van der Waals surface area (Å²) in [5.41, 5.74) is 0. The van der Waals surface area contributed by atoms with Crippen molar-refractivity contribution in [2.24, 2.45) is 5.92 Å². The third kappa shape index (κ3) is 1.54. The van der Waals surface area contributed by atoms with E-state index in [-0.39, 0.29) is 5.91 Å². The smallest absolute Gasteiger partial charge is 0.220 e. The van der Waals surface area contributed by atoms with Gasteiger partial charge in [0.1, 0.15) is 0 Å². The quantitative estimate of drug-likeness (QED) is 0.703. The van der Waals surface area contributed by atoms with Gasteiger partial charge >= 0.3 is 0 Å². The lowest BCUT2D eigenvalue weighted by Crippen LogP contribution is -2.49. The van der Waals surface area contributed by atoms with E-state index in [1.807, 2.05) is 0 Å². The summed E-state index contributed by atoms with van der Waals surface area (Å²) in [5, 5.41) is 3.12. The molecule has 1 N–H and O–H groups in total. The molecular formula is C11H18N2O. The molecule has 1 aliphatic carbocycles. The molecule has 2 heterocycles. The van der Waals surface area contributed by atoms with Crippen LogP contribution in [0, 0.1) is 5.92 Å². The number of carbonyl (C=O) groups excluding carboxylic acids is 1. The maximum atomic E-state index is 11.2. The zero-order valence-electron chi connectivity index (χ0n) is 8.54. The third-order valence-corrected chi connectivity index (χ3v) is 3.86. The van der Waals surface area contributed by atoms with E-state index in [0.717, 1.165) is 18.8 Å². The molecule has 3 heteroatoms. The number of fused-ring (bicyclic) bond motifs is 1. The van der Waals surface area contributed by atoms with Gasteiger partial charge in [-0.3, -0.25) is 9.69 Å². The van der Waals surface area contributed by atoms with Gasteiger partial charge in [0.05, 0.1) is 0 Å². The highest BCUT2D eigenvalue weighted by atomic mass is 16.1. The predicted molar refractivity (Wildman–Crippen MR) is 53.9 cm³/mol. The number of carbonyl (C=O) groups is 1. The topological polar surface area (TPSA) is 32.3 Å². The van der Waals surface area contributed by atoms with Gasteiger partial charge in [-0.2, -0.15) is 0 Å². The molecule has 2 aliphatic heterocycles. The second-order valence-electron chi connectivity index (χ2n) is 5.01. The van der Waals surface area contributed by atoms with E-state index in [1.165, 1.54) is 32.4 Å². The Kier molecular flexibility index (Phi) is 2.01. The van der Waals surface area contributed by atoms with Crippen molar-refractivity contribution >= 4 is 5.91 Å². The van der Waals surface area contributed by atoms with E-state index in [0.29, 0.717) is 12.1 Å². The number of piperidine rings is 1. The van der Waals surface area contributed by atoms with Gasteiger partial charge in [0.2, 0.25) is 5.91 Å². The molecule has 0 aromatic heterocycles. The molecule has 3 nitrogen and oxygen atoms in total. The van der Waals surface area contributed by atoms with Gasteiger partial charge in [0.15, 0.2) is 0 Å². The first-order chi connectivity index (χ1) is 6.83. The van der Waals surface area contributed by atoms with Gasteiger partial charge in [-0.1, -0.05) is 0 Å². The lowest BCUT2D eigenvalue weighted by Gasteiger charge is -2.32. The first kappa shape index (κ1) is 8.72. The molecule has 3 fully saturated rings. The van der Waals surface area contributed by atoms with Crippen LogP contribution in [0.3, 0.4) is 0 Å². The van der Waals surface area contributed by atoms with Gasteiger partial charge in [-0.25, -0.2) is 0 Å². The molecule has 3 rings (SSSR count). The van der Waals surface area contributed by atoms with Crippen LogP contribution in [-0.2, 0) is 4.79 Å². The van der Waals surface area contributed by atoms with Crippen LogP contribution in [0.5, 0.6) is 0 Å². The van der Waals surface area contributed by atoms with Crippen LogP contribution in [0.4, 0.5) is 0 Å². The number of hydrogen-bond acceptors (Lipinski definition) is 2. The van der Waals surface area contributed by atoms with Crippen molar-refractivity contribution in [3.8, 4) is 0 Å². The molecule has 78 valence electrons. The summed E-state index contributed by atoms with van der Waals surface area (Å²) in [4.78, 5) is 13.8.